The van der Waals surface area contributed by atoms with Crippen LogP contribution in [0.25, 0.3) is 0 Å². The number of rotatable bonds is 39. The van der Waals surface area contributed by atoms with Crippen molar-refractivity contribution in [3.63, 3.8) is 0 Å². The fourth-order valence-corrected chi connectivity index (χ4v) is 9.30. The molecule has 0 aromatic heterocycles. The highest BCUT2D eigenvalue weighted by Crippen LogP contribution is 2.21. The zero-order chi connectivity index (χ0) is 52.3. The molecule has 1 heterocycles. The molecule has 1 aromatic rings. The van der Waals surface area contributed by atoms with Gasteiger partial charge in [-0.3, -0.25) is 8.97 Å². The summed E-state index contributed by atoms with van der Waals surface area (Å²) in [5, 5.41) is 39.2. The van der Waals surface area contributed by atoms with Gasteiger partial charge in [0.1, 0.15) is 50.6 Å². The first-order chi connectivity index (χ1) is 32.8. The Balaban J connectivity index is -0.000000275. The average Bonchev–Trinajstić information content (AvgIpc) is 3.68. The maximum absolute atomic E-state index is 10.9. The van der Waals surface area contributed by atoms with Crippen LogP contribution >= 0.6 is 23.2 Å². The molecule has 0 bridgehead atoms. The number of quaternary nitrogens is 4. The molecule has 1 aliphatic rings. The Labute approximate surface area is 473 Å². The molecule has 3 N–H and O–H groups in total. The third-order valence-corrected chi connectivity index (χ3v) is 14.0. The summed E-state index contributed by atoms with van der Waals surface area (Å²) in [5.41, 5.74) is 1.18. The highest BCUT2D eigenvalue weighted by molar-refractivity contribution is 6.18. The number of para-hydroxylation sites is 1. The molecule has 0 saturated carbocycles. The van der Waals surface area contributed by atoms with Gasteiger partial charge in [-0.1, -0.05) is 167 Å². The predicted molar refractivity (Wildman–Crippen MR) is 299 cm³/mol. The number of carbonyl (C=O) groups is 1. The lowest BCUT2D eigenvalue weighted by molar-refractivity contribution is -0.893. The van der Waals surface area contributed by atoms with Gasteiger partial charge < -0.3 is 71.4 Å². The van der Waals surface area contributed by atoms with E-state index in [0.717, 1.165) is 47.2 Å². The summed E-state index contributed by atoms with van der Waals surface area (Å²) in [7, 11) is 15.3. The van der Waals surface area contributed by atoms with Crippen molar-refractivity contribution >= 4 is 40.7 Å². The molecule has 3 atom stereocenters. The minimum atomic E-state index is -1.06. The third-order valence-electron chi connectivity index (χ3n) is 13.3. The van der Waals surface area contributed by atoms with E-state index in [1.54, 1.807) is 0 Å². The van der Waals surface area contributed by atoms with Crippen LogP contribution in [0, 0.1) is 0 Å². The lowest BCUT2D eigenvalue weighted by Crippen LogP contribution is -3.00. The monoisotopic (exact) mass is 1120 g/mol. The number of alkyl halides is 2. The molecule has 15 heteroatoms. The molecule has 2 rings (SSSR count). The Kier molecular flexibility index (Phi) is 57.3. The van der Waals surface area contributed by atoms with Crippen molar-refractivity contribution in [2.24, 2.45) is 4.99 Å². The number of likely N-dealkylation sites (N-methyl/N-ethyl adjacent to an activating group) is 2. The second-order valence-electron chi connectivity index (χ2n) is 22.3. The number of nitrogens with zero attached hydrogens (tertiary/aromatic N) is 5. The molecule has 1 aliphatic heterocycles. The van der Waals surface area contributed by atoms with Crippen LogP contribution in [0.15, 0.2) is 35.3 Å². The van der Waals surface area contributed by atoms with Gasteiger partial charge in [-0.05, 0) is 44.2 Å². The van der Waals surface area contributed by atoms with E-state index in [-0.39, 0.29) is 62.4 Å². The number of unbranched alkanes of at least 4 members (excludes halogenated alkanes) is 22. The quantitative estimate of drug-likeness (QED) is 0.0534. The molecule has 432 valence electrons. The molecular weight excluding hydrogens is 1010 g/mol. The van der Waals surface area contributed by atoms with Gasteiger partial charge in [0.15, 0.2) is 5.84 Å². The second-order valence-corrected chi connectivity index (χ2v) is 23.0. The topological polar surface area (TPSA) is 113 Å². The summed E-state index contributed by atoms with van der Waals surface area (Å²) in [6, 6.07) is 10.1. The van der Waals surface area contributed by atoms with Gasteiger partial charge in [0.25, 0.3) is 0 Å². The highest BCUT2D eigenvalue weighted by Gasteiger charge is 2.37. The van der Waals surface area contributed by atoms with Gasteiger partial charge in [-0.15, -0.1) is 23.2 Å². The molecule has 0 radical (unpaired) electrons. The first-order valence-corrected chi connectivity index (χ1v) is 29.0. The number of aliphatic imine (C=N–C) groups is 1. The lowest BCUT2D eigenvalue weighted by Gasteiger charge is -2.34. The summed E-state index contributed by atoms with van der Waals surface area (Å²) in [4.78, 5) is 15.4. The number of carboxylic acids is 1. The van der Waals surface area contributed by atoms with Crippen LogP contribution in [0.2, 0.25) is 0 Å². The molecule has 1 aromatic carbocycles. The zero-order valence-electron chi connectivity index (χ0n) is 48.0. The predicted octanol–water partition coefficient (Wildman–Crippen LogP) is 2.38. The number of aliphatic hydroxyl groups is 3. The van der Waals surface area contributed by atoms with Crippen molar-refractivity contribution in [3.8, 4) is 0 Å². The Hall–Kier alpha value is -0.470. The van der Waals surface area contributed by atoms with Crippen LogP contribution in [0.5, 0.6) is 0 Å². The van der Waals surface area contributed by atoms with E-state index in [4.69, 9.17) is 23.2 Å². The molecular formula is C57H114Cl5N5O5. The van der Waals surface area contributed by atoms with Gasteiger partial charge in [0.05, 0.1) is 93.3 Å². The summed E-state index contributed by atoms with van der Waals surface area (Å²) in [6.07, 6.45) is 34.1. The van der Waals surface area contributed by atoms with Crippen molar-refractivity contribution in [1.29, 1.82) is 0 Å². The standard InChI is InChI=1S/C17H37ClNO.C15H34N.C14H26N2O3.C11H17ClNO.3ClH/c1-4-5-6-7-8-9-10-11-12-13-14-19(2,3)16-17(20)15-18;1-5-6-7-8-9-10-11-12-13-14-15-16(2,3)4;1-2-3-4-5-6-7-13-15-8-9-16(13,10-11-17)12-14(18)19;1-13(2,9-11(14)8-12)10-6-4-3-5-7-10;;;/h17,20H,4-16H2,1-3H3;5-15H2,1-4H3;17H,2-12H2,1H3;3-7,11,14H,8-9H2,1-2H3;3*1H/q2*+1;;+1;;;/p-3. The number of halogens is 5. The zero-order valence-corrected chi connectivity index (χ0v) is 51.8. The Morgan fingerprint density at radius 3 is 1.39 bits per heavy atom. The van der Waals surface area contributed by atoms with E-state index in [2.05, 4.69) is 87.2 Å². The van der Waals surface area contributed by atoms with Crippen molar-refractivity contribution in [2.75, 3.05) is 120 Å². The number of aliphatic carboxylic acids is 1. The molecule has 0 fully saturated rings. The second kappa shape index (κ2) is 51.3. The number of aliphatic hydroxyl groups excluding tert-OH is 3. The van der Waals surface area contributed by atoms with Crippen molar-refractivity contribution in [2.45, 2.75) is 200 Å². The van der Waals surface area contributed by atoms with E-state index in [1.807, 2.05) is 18.2 Å². The van der Waals surface area contributed by atoms with Gasteiger partial charge in [0.2, 0.25) is 0 Å². The maximum atomic E-state index is 10.9. The molecule has 72 heavy (non-hydrogen) atoms. The fraction of sp³-hybridized carbons (Fsp3) is 0.860. The largest absolute Gasteiger partial charge is 1.00 e. The molecule has 0 spiro atoms. The van der Waals surface area contributed by atoms with E-state index in [9.17, 15) is 25.2 Å². The van der Waals surface area contributed by atoms with Crippen LogP contribution in [-0.4, -0.2) is 173 Å². The smallest absolute Gasteiger partial charge is 0.198 e. The SMILES string of the molecule is CCCCCCCC1=NCC[N+]1(CCO)CC(=O)[O-].CCCCCCCCCCCC[N+](C)(C)C.CCCCCCCCCCCC[N+](C)(C)CC(O)CCl.C[N+](C)(CC(O)CCl)c1ccccc1.[Cl-].[Cl-].[Cl-]. The highest BCUT2D eigenvalue weighted by atomic mass is 35.5. The van der Waals surface area contributed by atoms with Crippen molar-refractivity contribution in [1.82, 2.24) is 4.48 Å². The van der Waals surface area contributed by atoms with Gasteiger partial charge >= 0.3 is 0 Å². The number of hydrogen-bond donors (Lipinski definition) is 3. The minimum absolute atomic E-state index is 0. The Bertz CT molecular complexity index is 1350. The minimum Gasteiger partial charge on any atom is -1.00 e. The summed E-state index contributed by atoms with van der Waals surface area (Å²) < 4.78 is 2.95. The fourth-order valence-electron chi connectivity index (χ4n) is 9.11. The van der Waals surface area contributed by atoms with Crippen molar-refractivity contribution < 1.29 is 75.9 Å². The third kappa shape index (κ3) is 47.9. The van der Waals surface area contributed by atoms with Gasteiger partial charge in [-0.2, -0.15) is 0 Å². The number of carboxylic acid groups (broad SMARTS) is 1. The number of carbonyl (C=O) groups excluding carboxylic acids is 1. The average molecular weight is 1130 g/mol. The first kappa shape index (κ1) is 80.4. The molecule has 3 unspecified atom stereocenters. The van der Waals surface area contributed by atoms with Crippen LogP contribution < -0.4 is 46.8 Å². The number of amidine groups is 1. The van der Waals surface area contributed by atoms with E-state index >= 15 is 0 Å². The summed E-state index contributed by atoms with van der Waals surface area (Å²) in [6.45, 7) is 12.3. The summed E-state index contributed by atoms with van der Waals surface area (Å²) >= 11 is 11.2. The number of benzene rings is 1. The lowest BCUT2D eigenvalue weighted by atomic mass is 10.1. The summed E-state index contributed by atoms with van der Waals surface area (Å²) in [5.74, 6) is 0.512. The van der Waals surface area contributed by atoms with E-state index < -0.39 is 12.1 Å². The van der Waals surface area contributed by atoms with E-state index in [0.29, 0.717) is 41.0 Å². The van der Waals surface area contributed by atoms with Gasteiger partial charge in [-0.25, -0.2) is 4.99 Å². The van der Waals surface area contributed by atoms with Crippen LogP contribution in [0.1, 0.15) is 188 Å². The van der Waals surface area contributed by atoms with Crippen LogP contribution in [0.3, 0.4) is 0 Å². The normalized spacial score (nSPS) is 15.1. The Morgan fingerprint density at radius 1 is 0.611 bits per heavy atom. The van der Waals surface area contributed by atoms with E-state index in [1.165, 1.54) is 160 Å². The molecule has 0 saturated heterocycles. The number of hydrogen-bond acceptors (Lipinski definition) is 6. The van der Waals surface area contributed by atoms with Crippen LogP contribution in [0.4, 0.5) is 5.69 Å². The molecule has 0 aliphatic carbocycles. The Morgan fingerprint density at radius 2 is 1.00 bits per heavy atom. The van der Waals surface area contributed by atoms with Crippen LogP contribution in [-0.2, 0) is 4.79 Å². The molecule has 0 amide bonds. The maximum Gasteiger partial charge on any atom is 0.198 e. The first-order valence-electron chi connectivity index (χ1n) is 28.0. The van der Waals surface area contributed by atoms with Crippen molar-refractivity contribution in [3.05, 3.63) is 30.3 Å². The van der Waals surface area contributed by atoms with Gasteiger partial charge in [0, 0.05) is 6.42 Å². The molecule has 10 nitrogen and oxygen atoms in total.